The molecule has 7 heteroatoms. The first-order valence-corrected chi connectivity index (χ1v) is 7.53. The van der Waals surface area contributed by atoms with Crippen molar-refractivity contribution < 1.29 is 14.6 Å². The monoisotopic (exact) mass is 323 g/mol. The van der Waals surface area contributed by atoms with Gasteiger partial charge in [-0.3, -0.25) is 9.69 Å². The van der Waals surface area contributed by atoms with Crippen molar-refractivity contribution in [2.75, 3.05) is 26.2 Å². The van der Waals surface area contributed by atoms with Gasteiger partial charge >= 0.3 is 0 Å². The highest BCUT2D eigenvalue weighted by Crippen LogP contribution is 2.31. The summed E-state index contributed by atoms with van der Waals surface area (Å²) in [6, 6.07) is 1.60. The summed E-state index contributed by atoms with van der Waals surface area (Å²) in [5.74, 6) is -0.0565. The van der Waals surface area contributed by atoms with Gasteiger partial charge in [-0.2, -0.15) is 0 Å². The molecule has 0 spiro atoms. The molecule has 2 unspecified atom stereocenters. The highest BCUT2D eigenvalue weighted by molar-refractivity contribution is 7.20. The van der Waals surface area contributed by atoms with Gasteiger partial charge in [0.1, 0.15) is 4.34 Å². The Morgan fingerprint density at radius 1 is 1.58 bits per heavy atom. The van der Waals surface area contributed by atoms with E-state index in [1.807, 2.05) is 11.8 Å². The Labute approximate surface area is 125 Å². The smallest absolute Gasteiger partial charge is 0.179 e. The number of morpholine rings is 1. The minimum Gasteiger partial charge on any atom is -0.394 e. The second kappa shape index (κ2) is 6.52. The van der Waals surface area contributed by atoms with E-state index in [9.17, 15) is 4.79 Å². The third-order valence-corrected chi connectivity index (χ3v) is 4.42. The van der Waals surface area contributed by atoms with Crippen LogP contribution >= 0.6 is 34.5 Å². The maximum Gasteiger partial charge on any atom is 0.179 e. The molecule has 0 radical (unpaired) electrons. The number of ketones is 1. The zero-order valence-corrected chi connectivity index (χ0v) is 12.8. The number of aliphatic hydroxyl groups is 1. The van der Waals surface area contributed by atoms with Gasteiger partial charge in [0.2, 0.25) is 0 Å². The molecule has 0 amide bonds. The third-order valence-electron chi connectivity index (χ3n) is 2.93. The van der Waals surface area contributed by atoms with Crippen LogP contribution in [0.5, 0.6) is 0 Å². The molecule has 2 heterocycles. The number of carbonyl (C=O) groups excluding carboxylic acids is 1. The van der Waals surface area contributed by atoms with Crippen LogP contribution in [0.15, 0.2) is 6.07 Å². The number of halogens is 2. The minimum atomic E-state index is -0.238. The minimum absolute atomic E-state index is 0.000217. The Kier molecular flexibility index (Phi) is 5.22. The van der Waals surface area contributed by atoms with Crippen molar-refractivity contribution >= 4 is 40.3 Å². The molecule has 0 aromatic carbocycles. The fourth-order valence-corrected chi connectivity index (χ4v) is 3.69. The molecule has 2 atom stereocenters. The molecule has 1 aliphatic heterocycles. The topological polar surface area (TPSA) is 49.8 Å². The highest BCUT2D eigenvalue weighted by atomic mass is 35.5. The second-order valence-corrected chi connectivity index (χ2v) is 6.89. The maximum atomic E-state index is 12.2. The van der Waals surface area contributed by atoms with E-state index in [0.29, 0.717) is 27.3 Å². The summed E-state index contributed by atoms with van der Waals surface area (Å²) in [7, 11) is 0. The average Bonchev–Trinajstić information content (AvgIpc) is 2.67. The molecule has 1 aromatic heterocycles. The lowest BCUT2D eigenvalue weighted by Gasteiger charge is -2.35. The zero-order chi connectivity index (χ0) is 14.0. The molecule has 2 rings (SSSR count). The van der Waals surface area contributed by atoms with Crippen molar-refractivity contribution in [1.29, 1.82) is 0 Å². The van der Waals surface area contributed by atoms with E-state index in [1.54, 1.807) is 6.07 Å². The molecule has 1 saturated heterocycles. The van der Waals surface area contributed by atoms with Gasteiger partial charge in [-0.15, -0.1) is 11.3 Å². The Bertz CT molecular complexity index is 466. The van der Waals surface area contributed by atoms with Gasteiger partial charge in [-0.1, -0.05) is 23.2 Å². The summed E-state index contributed by atoms with van der Waals surface area (Å²) in [5.41, 5.74) is 0.469. The van der Waals surface area contributed by atoms with Gasteiger partial charge in [0.15, 0.2) is 5.78 Å². The second-order valence-electron chi connectivity index (χ2n) is 4.61. The van der Waals surface area contributed by atoms with Crippen molar-refractivity contribution in [3.63, 3.8) is 0 Å². The lowest BCUT2D eigenvalue weighted by atomic mass is 10.1. The van der Waals surface area contributed by atoms with Gasteiger partial charge < -0.3 is 9.84 Å². The predicted molar refractivity (Wildman–Crippen MR) is 76.5 cm³/mol. The standard InChI is InChI=1S/C12H15Cl2NO3S/c1-7-3-15(4-8(6-16)18-7)5-10(17)9-2-11(13)19-12(9)14/h2,7-8,16H,3-6H2,1H3. The summed E-state index contributed by atoms with van der Waals surface area (Å²) in [5, 5.41) is 9.15. The van der Waals surface area contributed by atoms with Crippen molar-refractivity contribution in [2.24, 2.45) is 0 Å². The van der Waals surface area contributed by atoms with E-state index in [4.69, 9.17) is 33.0 Å². The fourth-order valence-electron chi connectivity index (χ4n) is 2.19. The van der Waals surface area contributed by atoms with Crippen LogP contribution in [0.1, 0.15) is 17.3 Å². The first-order chi connectivity index (χ1) is 8.99. The number of hydrogen-bond donors (Lipinski definition) is 1. The fraction of sp³-hybridized carbons (Fsp3) is 0.583. The molecule has 19 heavy (non-hydrogen) atoms. The summed E-state index contributed by atoms with van der Waals surface area (Å²) in [4.78, 5) is 14.1. The summed E-state index contributed by atoms with van der Waals surface area (Å²) >= 11 is 13.0. The largest absolute Gasteiger partial charge is 0.394 e. The van der Waals surface area contributed by atoms with Crippen LogP contribution in [0.4, 0.5) is 0 Å². The number of rotatable bonds is 4. The van der Waals surface area contributed by atoms with Crippen LogP contribution in [0.2, 0.25) is 8.67 Å². The number of ether oxygens (including phenoxy) is 1. The number of nitrogens with zero attached hydrogens (tertiary/aromatic N) is 1. The average molecular weight is 324 g/mol. The number of hydrogen-bond acceptors (Lipinski definition) is 5. The number of Topliss-reactive ketones (excluding diaryl/α,β-unsaturated/α-hetero) is 1. The van der Waals surface area contributed by atoms with Crippen LogP contribution in [0.25, 0.3) is 0 Å². The van der Waals surface area contributed by atoms with E-state index in [2.05, 4.69) is 0 Å². The van der Waals surface area contributed by atoms with Crippen LogP contribution in [0.3, 0.4) is 0 Å². The predicted octanol–water partition coefficient (Wildman–Crippen LogP) is 2.32. The Morgan fingerprint density at radius 3 is 2.89 bits per heavy atom. The summed E-state index contributed by atoms with van der Waals surface area (Å²) in [6.45, 7) is 3.35. The van der Waals surface area contributed by atoms with E-state index in [0.717, 1.165) is 0 Å². The summed E-state index contributed by atoms with van der Waals surface area (Å²) in [6.07, 6.45) is -0.238. The molecule has 1 aliphatic rings. The molecule has 1 N–H and O–H groups in total. The lowest BCUT2D eigenvalue weighted by Crippen LogP contribution is -2.49. The lowest BCUT2D eigenvalue weighted by molar-refractivity contribution is -0.0926. The van der Waals surface area contributed by atoms with Crippen LogP contribution in [0, 0.1) is 0 Å². The van der Waals surface area contributed by atoms with Gasteiger partial charge in [0.25, 0.3) is 0 Å². The molecule has 1 fully saturated rings. The van der Waals surface area contributed by atoms with Gasteiger partial charge in [-0.05, 0) is 13.0 Å². The Hall–Kier alpha value is -0.170. The normalized spacial score (nSPS) is 24.6. The van der Waals surface area contributed by atoms with Crippen molar-refractivity contribution in [1.82, 2.24) is 4.90 Å². The molecule has 0 bridgehead atoms. The summed E-state index contributed by atoms with van der Waals surface area (Å²) < 4.78 is 6.47. The molecule has 4 nitrogen and oxygen atoms in total. The molecular formula is C12H15Cl2NO3S. The van der Waals surface area contributed by atoms with E-state index >= 15 is 0 Å². The van der Waals surface area contributed by atoms with Crippen molar-refractivity contribution in [3.05, 3.63) is 20.3 Å². The van der Waals surface area contributed by atoms with Crippen LogP contribution < -0.4 is 0 Å². The number of carbonyl (C=O) groups is 1. The first-order valence-electron chi connectivity index (χ1n) is 5.96. The highest BCUT2D eigenvalue weighted by Gasteiger charge is 2.27. The quantitative estimate of drug-likeness (QED) is 0.864. The van der Waals surface area contributed by atoms with E-state index in [1.165, 1.54) is 11.3 Å². The maximum absolute atomic E-state index is 12.2. The SMILES string of the molecule is CC1CN(CC(=O)c2cc(Cl)sc2Cl)CC(CO)O1. The van der Waals surface area contributed by atoms with Crippen LogP contribution in [-0.4, -0.2) is 54.2 Å². The van der Waals surface area contributed by atoms with Gasteiger partial charge in [-0.25, -0.2) is 0 Å². The third kappa shape index (κ3) is 3.90. The van der Waals surface area contributed by atoms with Crippen LogP contribution in [-0.2, 0) is 4.74 Å². The molecule has 106 valence electrons. The zero-order valence-electron chi connectivity index (χ0n) is 10.4. The number of thiophene rings is 1. The molecule has 0 aliphatic carbocycles. The van der Waals surface area contributed by atoms with E-state index < -0.39 is 0 Å². The Balaban J connectivity index is 2.00. The van der Waals surface area contributed by atoms with Gasteiger partial charge in [0.05, 0.1) is 35.3 Å². The number of aliphatic hydroxyl groups excluding tert-OH is 1. The van der Waals surface area contributed by atoms with Gasteiger partial charge in [0, 0.05) is 13.1 Å². The Morgan fingerprint density at radius 2 is 2.32 bits per heavy atom. The molecular weight excluding hydrogens is 309 g/mol. The van der Waals surface area contributed by atoms with Crippen molar-refractivity contribution in [2.45, 2.75) is 19.1 Å². The van der Waals surface area contributed by atoms with Crippen molar-refractivity contribution in [3.8, 4) is 0 Å². The molecule has 0 saturated carbocycles. The molecule has 1 aromatic rings. The van der Waals surface area contributed by atoms with E-state index in [-0.39, 0.29) is 31.1 Å². The first kappa shape index (κ1) is 15.2.